The van der Waals surface area contributed by atoms with Crippen LogP contribution in [0.15, 0.2) is 0 Å². The molecule has 0 radical (unpaired) electrons. The lowest BCUT2D eigenvalue weighted by Gasteiger charge is -2.36. The first-order chi connectivity index (χ1) is 9.25. The Morgan fingerprint density at radius 1 is 1.25 bits per heavy atom. The molecule has 1 unspecified atom stereocenters. The Morgan fingerprint density at radius 2 is 1.85 bits per heavy atom. The average Bonchev–Trinajstić information content (AvgIpc) is 2.34. The molecular formula is C15H33N3O2. The van der Waals surface area contributed by atoms with Crippen molar-refractivity contribution in [1.29, 1.82) is 0 Å². The molecule has 1 N–H and O–H groups in total. The molecule has 120 valence electrons. The van der Waals surface area contributed by atoms with E-state index in [0.717, 1.165) is 26.1 Å². The van der Waals surface area contributed by atoms with E-state index >= 15 is 0 Å². The summed E-state index contributed by atoms with van der Waals surface area (Å²) >= 11 is 0. The van der Waals surface area contributed by atoms with E-state index in [1.165, 1.54) is 7.11 Å². The zero-order valence-corrected chi connectivity index (χ0v) is 14.3. The number of methoxy groups -OCH3 is 1. The highest BCUT2D eigenvalue weighted by Gasteiger charge is 2.36. The summed E-state index contributed by atoms with van der Waals surface area (Å²) in [4.78, 5) is 16.6. The molecule has 0 bridgehead atoms. The van der Waals surface area contributed by atoms with Gasteiger partial charge in [-0.05, 0) is 47.8 Å². The maximum atomic E-state index is 12.1. The summed E-state index contributed by atoms with van der Waals surface area (Å²) in [6.45, 7) is 11.8. The fourth-order valence-corrected chi connectivity index (χ4v) is 2.41. The van der Waals surface area contributed by atoms with Gasteiger partial charge in [0.1, 0.15) is 5.54 Å². The highest BCUT2D eigenvalue weighted by Crippen LogP contribution is 2.11. The SMILES string of the molecule is CCCN(CCN(C)C)CC(C)(NC(C)C)C(=O)OC. The highest BCUT2D eigenvalue weighted by molar-refractivity contribution is 5.80. The normalized spacial score (nSPS) is 14.9. The first-order valence-electron chi connectivity index (χ1n) is 7.48. The van der Waals surface area contributed by atoms with Crippen LogP contribution in [-0.2, 0) is 9.53 Å². The Balaban J connectivity index is 4.82. The van der Waals surface area contributed by atoms with Crippen molar-refractivity contribution in [3.05, 3.63) is 0 Å². The van der Waals surface area contributed by atoms with E-state index in [-0.39, 0.29) is 12.0 Å². The van der Waals surface area contributed by atoms with Crippen LogP contribution in [0.4, 0.5) is 0 Å². The molecule has 20 heavy (non-hydrogen) atoms. The first kappa shape index (κ1) is 19.4. The largest absolute Gasteiger partial charge is 0.468 e. The third-order valence-corrected chi connectivity index (χ3v) is 3.19. The summed E-state index contributed by atoms with van der Waals surface area (Å²) in [5.74, 6) is -0.197. The lowest BCUT2D eigenvalue weighted by Crippen LogP contribution is -2.59. The molecular weight excluding hydrogens is 254 g/mol. The van der Waals surface area contributed by atoms with E-state index in [1.807, 2.05) is 20.8 Å². The second-order valence-corrected chi connectivity index (χ2v) is 6.20. The number of esters is 1. The summed E-state index contributed by atoms with van der Waals surface area (Å²) in [6, 6.07) is 0.233. The van der Waals surface area contributed by atoms with Crippen LogP contribution in [0.25, 0.3) is 0 Å². The predicted molar refractivity (Wildman–Crippen MR) is 84.0 cm³/mol. The first-order valence-corrected chi connectivity index (χ1v) is 7.48. The second-order valence-electron chi connectivity index (χ2n) is 6.20. The molecule has 0 aromatic carbocycles. The van der Waals surface area contributed by atoms with Gasteiger partial charge in [0.05, 0.1) is 7.11 Å². The number of carbonyl (C=O) groups is 1. The van der Waals surface area contributed by atoms with Gasteiger partial charge in [0.2, 0.25) is 0 Å². The average molecular weight is 287 g/mol. The second kappa shape index (κ2) is 9.32. The Kier molecular flexibility index (Phi) is 9.01. The number of rotatable bonds is 10. The molecule has 0 aromatic heterocycles. The van der Waals surface area contributed by atoms with Gasteiger partial charge in [-0.2, -0.15) is 0 Å². The quantitative estimate of drug-likeness (QED) is 0.612. The molecule has 1 atom stereocenters. The number of likely N-dealkylation sites (N-methyl/N-ethyl adjacent to an activating group) is 1. The minimum atomic E-state index is -0.662. The third-order valence-electron chi connectivity index (χ3n) is 3.19. The molecule has 0 aliphatic carbocycles. The zero-order valence-electron chi connectivity index (χ0n) is 14.3. The standard InChI is InChI=1S/C15H33N3O2/c1-8-9-18(11-10-17(5)6)12-15(4,14(19)20-7)16-13(2)3/h13,16H,8-12H2,1-7H3. The summed E-state index contributed by atoms with van der Waals surface area (Å²) in [5.41, 5.74) is -0.662. The fourth-order valence-electron chi connectivity index (χ4n) is 2.41. The van der Waals surface area contributed by atoms with Crippen molar-refractivity contribution in [3.8, 4) is 0 Å². The molecule has 0 aliphatic heterocycles. The van der Waals surface area contributed by atoms with Crippen LogP contribution in [0.1, 0.15) is 34.1 Å². The van der Waals surface area contributed by atoms with Crippen LogP contribution in [0.5, 0.6) is 0 Å². The molecule has 5 heteroatoms. The van der Waals surface area contributed by atoms with Gasteiger partial charge in [-0.3, -0.25) is 15.0 Å². The molecule has 0 saturated carbocycles. The van der Waals surface area contributed by atoms with Gasteiger partial charge in [-0.1, -0.05) is 6.92 Å². The number of hydrogen-bond donors (Lipinski definition) is 1. The zero-order chi connectivity index (χ0) is 15.8. The molecule has 0 rings (SSSR count). The maximum Gasteiger partial charge on any atom is 0.327 e. The monoisotopic (exact) mass is 287 g/mol. The smallest absolute Gasteiger partial charge is 0.327 e. The predicted octanol–water partition coefficient (Wildman–Crippen LogP) is 1.19. The van der Waals surface area contributed by atoms with Gasteiger partial charge in [-0.15, -0.1) is 0 Å². The van der Waals surface area contributed by atoms with Crippen molar-refractivity contribution < 1.29 is 9.53 Å². The van der Waals surface area contributed by atoms with Crippen LogP contribution in [-0.4, -0.2) is 74.7 Å². The van der Waals surface area contributed by atoms with Crippen molar-refractivity contribution in [2.24, 2.45) is 0 Å². The Bertz CT molecular complexity index is 282. The van der Waals surface area contributed by atoms with Crippen molar-refractivity contribution in [1.82, 2.24) is 15.1 Å². The summed E-state index contributed by atoms with van der Waals surface area (Å²) in [6.07, 6.45) is 1.08. The number of hydrogen-bond acceptors (Lipinski definition) is 5. The minimum absolute atomic E-state index is 0.197. The van der Waals surface area contributed by atoms with Crippen LogP contribution < -0.4 is 5.32 Å². The lowest BCUT2D eigenvalue weighted by atomic mass is 10.00. The Morgan fingerprint density at radius 3 is 2.25 bits per heavy atom. The summed E-state index contributed by atoms with van der Waals surface area (Å²) < 4.78 is 4.98. The minimum Gasteiger partial charge on any atom is -0.468 e. The molecule has 0 fully saturated rings. The molecule has 0 amide bonds. The Labute approximate surface area is 124 Å². The molecule has 0 saturated heterocycles. The maximum absolute atomic E-state index is 12.1. The van der Waals surface area contributed by atoms with Gasteiger partial charge in [0.25, 0.3) is 0 Å². The van der Waals surface area contributed by atoms with Gasteiger partial charge >= 0.3 is 5.97 Å². The van der Waals surface area contributed by atoms with Gasteiger partial charge < -0.3 is 9.64 Å². The van der Waals surface area contributed by atoms with Crippen molar-refractivity contribution in [2.45, 2.75) is 45.7 Å². The van der Waals surface area contributed by atoms with Crippen molar-refractivity contribution >= 4 is 5.97 Å². The van der Waals surface area contributed by atoms with Crippen molar-refractivity contribution in [2.75, 3.05) is 47.4 Å². The lowest BCUT2D eigenvalue weighted by molar-refractivity contribution is -0.149. The van der Waals surface area contributed by atoms with E-state index < -0.39 is 5.54 Å². The van der Waals surface area contributed by atoms with E-state index in [1.54, 1.807) is 0 Å². The fraction of sp³-hybridized carbons (Fsp3) is 0.933. The van der Waals surface area contributed by atoms with Gasteiger partial charge in [-0.25, -0.2) is 0 Å². The van der Waals surface area contributed by atoms with Crippen LogP contribution in [0.2, 0.25) is 0 Å². The number of nitrogens with zero attached hydrogens (tertiary/aromatic N) is 2. The summed E-state index contributed by atoms with van der Waals surface area (Å²) in [5, 5.41) is 3.35. The third kappa shape index (κ3) is 7.22. The molecule has 0 aromatic rings. The van der Waals surface area contributed by atoms with Crippen molar-refractivity contribution in [3.63, 3.8) is 0 Å². The van der Waals surface area contributed by atoms with Crippen LogP contribution in [0, 0.1) is 0 Å². The molecule has 0 spiro atoms. The van der Waals surface area contributed by atoms with E-state index in [0.29, 0.717) is 6.54 Å². The summed E-state index contributed by atoms with van der Waals surface area (Å²) in [7, 11) is 5.58. The molecule has 0 aliphatic rings. The number of ether oxygens (including phenoxy) is 1. The van der Waals surface area contributed by atoms with Crippen LogP contribution in [0.3, 0.4) is 0 Å². The van der Waals surface area contributed by atoms with Gasteiger partial charge in [0.15, 0.2) is 0 Å². The van der Waals surface area contributed by atoms with Gasteiger partial charge in [0, 0.05) is 25.7 Å². The highest BCUT2D eigenvalue weighted by atomic mass is 16.5. The number of nitrogens with one attached hydrogen (secondary N) is 1. The van der Waals surface area contributed by atoms with Crippen LogP contribution >= 0.6 is 0 Å². The van der Waals surface area contributed by atoms with E-state index in [2.05, 4.69) is 36.1 Å². The topological polar surface area (TPSA) is 44.8 Å². The molecule has 0 heterocycles. The Hall–Kier alpha value is -0.650. The number of carbonyl (C=O) groups excluding carboxylic acids is 1. The molecule has 5 nitrogen and oxygen atoms in total. The van der Waals surface area contributed by atoms with E-state index in [4.69, 9.17) is 4.74 Å². The van der Waals surface area contributed by atoms with E-state index in [9.17, 15) is 4.79 Å².